The van der Waals surface area contributed by atoms with E-state index >= 15 is 0 Å². The number of halogens is 1. The number of methoxy groups -OCH3 is 1. The molecule has 0 saturated carbocycles. The average Bonchev–Trinajstić information content (AvgIpc) is 2.71. The van der Waals surface area contributed by atoms with Gasteiger partial charge >= 0.3 is 0 Å². The highest BCUT2D eigenvalue weighted by Gasteiger charge is 2.16. The Balaban J connectivity index is 2.25. The topological polar surface area (TPSA) is 14.2 Å². The van der Waals surface area contributed by atoms with E-state index in [0.29, 0.717) is 0 Å². The van der Waals surface area contributed by atoms with E-state index in [9.17, 15) is 0 Å². The highest BCUT2D eigenvalue weighted by atomic mass is 35.5. The maximum Gasteiger partial charge on any atom is 0.0669 e. The molecule has 0 amide bonds. The second-order valence-corrected chi connectivity index (χ2v) is 5.31. The lowest BCUT2D eigenvalue weighted by Gasteiger charge is -2.23. The summed E-state index contributed by atoms with van der Waals surface area (Å²) in [5, 5.41) is 2.00. The number of hydrogen-bond donors (Lipinski definition) is 0. The van der Waals surface area contributed by atoms with Crippen molar-refractivity contribution in [2.45, 2.75) is 32.4 Å². The van der Waals surface area contributed by atoms with Crippen LogP contribution in [0.1, 0.15) is 20.3 Å². The molecular weight excluding hydrogens is 234 g/mol. The smallest absolute Gasteiger partial charge is 0.0669 e. The van der Waals surface area contributed by atoms with Crippen LogP contribution in [-0.2, 0) is 11.3 Å². The van der Waals surface area contributed by atoms with Crippen molar-refractivity contribution >= 4 is 22.5 Å². The Kier molecular flexibility index (Phi) is 3.45. The highest BCUT2D eigenvalue weighted by Crippen LogP contribution is 2.25. The molecule has 3 heteroatoms. The number of ether oxygens (including phenoxy) is 1. The summed E-state index contributed by atoms with van der Waals surface area (Å²) in [4.78, 5) is 0. The largest absolute Gasteiger partial charge is 0.379 e. The highest BCUT2D eigenvalue weighted by molar-refractivity contribution is 6.35. The molecule has 0 aliphatic carbocycles. The summed E-state index contributed by atoms with van der Waals surface area (Å²) in [5.74, 6) is 0. The van der Waals surface area contributed by atoms with Crippen LogP contribution in [0.4, 0.5) is 0 Å². The Morgan fingerprint density at radius 2 is 2.06 bits per heavy atom. The first kappa shape index (κ1) is 12.5. The summed E-state index contributed by atoms with van der Waals surface area (Å²) in [7, 11) is 1.75. The molecule has 0 fully saturated rings. The first-order valence-electron chi connectivity index (χ1n) is 5.82. The fourth-order valence-corrected chi connectivity index (χ4v) is 2.18. The van der Waals surface area contributed by atoms with Crippen LogP contribution >= 0.6 is 11.6 Å². The molecule has 2 rings (SSSR count). The van der Waals surface area contributed by atoms with Gasteiger partial charge < -0.3 is 9.30 Å². The van der Waals surface area contributed by atoms with Gasteiger partial charge in [-0.15, -0.1) is 0 Å². The number of hydrogen-bond acceptors (Lipinski definition) is 1. The Morgan fingerprint density at radius 3 is 2.76 bits per heavy atom. The van der Waals surface area contributed by atoms with Gasteiger partial charge in [-0.05, 0) is 32.4 Å². The van der Waals surface area contributed by atoms with E-state index in [2.05, 4.69) is 36.7 Å². The number of benzene rings is 1. The van der Waals surface area contributed by atoms with E-state index in [1.54, 1.807) is 7.11 Å². The van der Waals surface area contributed by atoms with Gasteiger partial charge in [-0.3, -0.25) is 0 Å². The quantitative estimate of drug-likeness (QED) is 0.798. The van der Waals surface area contributed by atoms with Crippen LogP contribution in [0.2, 0.25) is 5.02 Å². The van der Waals surface area contributed by atoms with Gasteiger partial charge in [0.05, 0.1) is 16.1 Å². The zero-order valence-electron chi connectivity index (χ0n) is 10.5. The first-order valence-corrected chi connectivity index (χ1v) is 6.20. The number of rotatable bonds is 4. The second kappa shape index (κ2) is 4.71. The predicted octanol–water partition coefficient (Wildman–Crippen LogP) is 4.11. The van der Waals surface area contributed by atoms with Crippen LogP contribution in [0, 0.1) is 0 Å². The van der Waals surface area contributed by atoms with Gasteiger partial charge in [-0.25, -0.2) is 0 Å². The molecule has 0 unspecified atom stereocenters. The lowest BCUT2D eigenvalue weighted by molar-refractivity contribution is 0.0123. The van der Waals surface area contributed by atoms with Crippen LogP contribution in [0.3, 0.4) is 0 Å². The zero-order chi connectivity index (χ0) is 12.5. The fourth-order valence-electron chi connectivity index (χ4n) is 1.89. The molecule has 1 heterocycles. The molecule has 0 N–H and O–H groups in total. The van der Waals surface area contributed by atoms with Gasteiger partial charge in [0.1, 0.15) is 0 Å². The summed E-state index contributed by atoms with van der Waals surface area (Å²) in [6, 6.07) is 8.09. The third-order valence-electron chi connectivity index (χ3n) is 3.25. The lowest BCUT2D eigenvalue weighted by Crippen LogP contribution is -2.24. The van der Waals surface area contributed by atoms with Gasteiger partial charge in [-0.1, -0.05) is 23.7 Å². The molecule has 0 aliphatic heterocycles. The number of nitrogens with zero attached hydrogens (tertiary/aromatic N) is 1. The van der Waals surface area contributed by atoms with Crippen molar-refractivity contribution in [1.29, 1.82) is 0 Å². The minimum atomic E-state index is -0.0994. The van der Waals surface area contributed by atoms with Crippen molar-refractivity contribution < 1.29 is 4.74 Å². The molecule has 0 bridgehead atoms. The molecule has 0 saturated heterocycles. The number of aromatic nitrogens is 1. The van der Waals surface area contributed by atoms with E-state index in [1.165, 1.54) is 5.39 Å². The third kappa shape index (κ3) is 2.64. The minimum Gasteiger partial charge on any atom is -0.379 e. The first-order chi connectivity index (χ1) is 8.03. The van der Waals surface area contributed by atoms with Crippen molar-refractivity contribution in [3.63, 3.8) is 0 Å². The van der Waals surface area contributed by atoms with Gasteiger partial charge in [0, 0.05) is 25.2 Å². The van der Waals surface area contributed by atoms with Crippen molar-refractivity contribution in [3.05, 3.63) is 35.5 Å². The van der Waals surface area contributed by atoms with E-state index in [1.807, 2.05) is 12.1 Å². The molecule has 2 aromatic rings. The van der Waals surface area contributed by atoms with Gasteiger partial charge in [-0.2, -0.15) is 0 Å². The van der Waals surface area contributed by atoms with Crippen molar-refractivity contribution in [2.75, 3.05) is 7.11 Å². The van der Waals surface area contributed by atoms with Crippen LogP contribution < -0.4 is 0 Å². The molecule has 0 spiro atoms. The van der Waals surface area contributed by atoms with Crippen molar-refractivity contribution in [1.82, 2.24) is 4.57 Å². The van der Waals surface area contributed by atoms with Crippen molar-refractivity contribution in [2.24, 2.45) is 0 Å². The summed E-state index contributed by atoms with van der Waals surface area (Å²) in [6.07, 6.45) is 3.04. The maximum atomic E-state index is 6.24. The van der Waals surface area contributed by atoms with E-state index in [4.69, 9.17) is 16.3 Å². The van der Waals surface area contributed by atoms with E-state index in [0.717, 1.165) is 23.5 Å². The monoisotopic (exact) mass is 251 g/mol. The lowest BCUT2D eigenvalue weighted by atomic mass is 10.1. The molecule has 2 nitrogen and oxygen atoms in total. The second-order valence-electron chi connectivity index (χ2n) is 4.90. The summed E-state index contributed by atoms with van der Waals surface area (Å²) in [6.45, 7) is 5.11. The molecule has 0 radical (unpaired) electrons. The molecule has 92 valence electrons. The van der Waals surface area contributed by atoms with E-state index < -0.39 is 0 Å². The number of para-hydroxylation sites is 1. The van der Waals surface area contributed by atoms with Crippen LogP contribution in [0.5, 0.6) is 0 Å². The molecule has 0 atom stereocenters. The van der Waals surface area contributed by atoms with Gasteiger partial charge in [0.25, 0.3) is 0 Å². The summed E-state index contributed by atoms with van der Waals surface area (Å²) < 4.78 is 7.62. The van der Waals surface area contributed by atoms with Crippen LogP contribution in [0.15, 0.2) is 30.5 Å². The summed E-state index contributed by atoms with van der Waals surface area (Å²) in [5.41, 5.74) is 1.01. The Bertz CT molecular complexity index is 516. The molecule has 0 aliphatic rings. The predicted molar refractivity (Wildman–Crippen MR) is 72.7 cm³/mol. The van der Waals surface area contributed by atoms with Gasteiger partial charge in [0.2, 0.25) is 0 Å². The Labute approximate surface area is 107 Å². The normalized spacial score (nSPS) is 12.2. The van der Waals surface area contributed by atoms with Crippen LogP contribution in [0.25, 0.3) is 10.9 Å². The van der Waals surface area contributed by atoms with Gasteiger partial charge in [0.15, 0.2) is 0 Å². The van der Waals surface area contributed by atoms with E-state index in [-0.39, 0.29) is 5.60 Å². The minimum absolute atomic E-state index is 0.0994. The molecule has 1 aromatic carbocycles. The van der Waals surface area contributed by atoms with Crippen LogP contribution in [-0.4, -0.2) is 17.3 Å². The number of fused-ring (bicyclic) bond motifs is 1. The molecule has 17 heavy (non-hydrogen) atoms. The Hall–Kier alpha value is -0.990. The Morgan fingerprint density at radius 1 is 1.29 bits per heavy atom. The standard InChI is InChI=1S/C14H18ClNO/c1-14(2,17-3)8-10-16-9-7-11-5-4-6-12(15)13(11)16/h4-7,9H,8,10H2,1-3H3. The number of aryl methyl sites for hydroxylation is 1. The van der Waals surface area contributed by atoms with Crippen molar-refractivity contribution in [3.8, 4) is 0 Å². The average molecular weight is 252 g/mol. The third-order valence-corrected chi connectivity index (χ3v) is 3.55. The fraction of sp³-hybridized carbons (Fsp3) is 0.429. The maximum absolute atomic E-state index is 6.24. The summed E-state index contributed by atoms with van der Waals surface area (Å²) >= 11 is 6.24. The molecule has 1 aromatic heterocycles. The SMILES string of the molecule is COC(C)(C)CCn1ccc2cccc(Cl)c21. The zero-order valence-corrected chi connectivity index (χ0v) is 11.3. The molecular formula is C14H18ClNO.